The van der Waals surface area contributed by atoms with Gasteiger partial charge in [0, 0.05) is 25.9 Å². The first-order valence-electron chi connectivity index (χ1n) is 6.57. The zero-order valence-corrected chi connectivity index (χ0v) is 13.9. The van der Waals surface area contributed by atoms with Gasteiger partial charge in [0.15, 0.2) is 0 Å². The monoisotopic (exact) mass is 353 g/mol. The number of hydrogen-bond donors (Lipinski definition) is 1. The van der Waals surface area contributed by atoms with Crippen LogP contribution in [0, 0.1) is 5.82 Å². The van der Waals surface area contributed by atoms with Crippen LogP contribution in [0.2, 0.25) is 0 Å². The van der Waals surface area contributed by atoms with Crippen LogP contribution in [-0.4, -0.2) is 6.54 Å². The largest absolute Gasteiger partial charge is 0.310 e. The Bertz CT molecular complexity index is 571. The third-order valence-corrected chi connectivity index (χ3v) is 4.61. The summed E-state index contributed by atoms with van der Waals surface area (Å²) in [5.41, 5.74) is 0.738. The summed E-state index contributed by atoms with van der Waals surface area (Å²) < 4.78 is 15.2. The molecule has 0 saturated carbocycles. The lowest BCUT2D eigenvalue weighted by Crippen LogP contribution is -2.19. The number of nitrogens with one attached hydrogen (secondary N) is 1. The molecule has 0 aliphatic heterocycles. The smallest absolute Gasteiger partial charge is 0.129 e. The van der Waals surface area contributed by atoms with E-state index in [1.165, 1.54) is 6.07 Å². The van der Waals surface area contributed by atoms with Crippen LogP contribution in [0.25, 0.3) is 0 Å². The third-order valence-electron chi connectivity index (χ3n) is 3.00. The molecule has 0 heterocycles. The van der Waals surface area contributed by atoms with E-state index in [0.717, 1.165) is 26.4 Å². The second-order valence-corrected chi connectivity index (χ2v) is 6.52. The number of benzene rings is 2. The van der Waals surface area contributed by atoms with Crippen molar-refractivity contribution in [2.75, 3.05) is 6.54 Å². The predicted molar refractivity (Wildman–Crippen MR) is 86.8 cm³/mol. The predicted octanol–water partition coefficient (Wildman–Crippen LogP) is 5.41. The highest BCUT2D eigenvalue weighted by Gasteiger charge is 2.15. The molecule has 1 N–H and O–H groups in total. The summed E-state index contributed by atoms with van der Waals surface area (Å²) in [6.07, 6.45) is 0. The van der Waals surface area contributed by atoms with E-state index >= 15 is 0 Å². The fourth-order valence-electron chi connectivity index (χ4n) is 2.06. The van der Waals surface area contributed by atoms with Crippen LogP contribution in [0.1, 0.15) is 25.5 Å². The molecule has 20 heavy (non-hydrogen) atoms. The average molecular weight is 354 g/mol. The molecule has 2 aromatic rings. The van der Waals surface area contributed by atoms with E-state index in [9.17, 15) is 4.39 Å². The van der Waals surface area contributed by atoms with Crippen molar-refractivity contribution in [3.63, 3.8) is 0 Å². The lowest BCUT2D eigenvalue weighted by Gasteiger charge is -2.17. The minimum absolute atomic E-state index is 0.000789. The maximum absolute atomic E-state index is 14.1. The van der Waals surface area contributed by atoms with Gasteiger partial charge >= 0.3 is 0 Å². The molecule has 0 saturated heterocycles. The molecule has 0 amide bonds. The van der Waals surface area contributed by atoms with Gasteiger partial charge in [0.05, 0.1) is 0 Å². The van der Waals surface area contributed by atoms with Gasteiger partial charge in [-0.1, -0.05) is 40.7 Å². The maximum atomic E-state index is 14.1. The quantitative estimate of drug-likeness (QED) is 0.771. The van der Waals surface area contributed by atoms with E-state index in [1.54, 1.807) is 17.8 Å². The highest BCUT2D eigenvalue weighted by atomic mass is 79.9. The second kappa shape index (κ2) is 7.25. The summed E-state index contributed by atoms with van der Waals surface area (Å²) in [4.78, 5) is 2.06. The standard InChI is InChI=1S/C16H17BrFNS/c1-3-19-11(2)16-14(18)5-4-6-15(16)20-13-9-7-12(17)8-10-13/h4-11,19H,3H2,1-2H3. The van der Waals surface area contributed by atoms with Crippen molar-refractivity contribution >= 4 is 27.7 Å². The molecule has 0 aromatic heterocycles. The van der Waals surface area contributed by atoms with Crippen LogP contribution in [0.4, 0.5) is 4.39 Å². The van der Waals surface area contributed by atoms with Gasteiger partial charge in [0.1, 0.15) is 5.82 Å². The Morgan fingerprint density at radius 2 is 1.90 bits per heavy atom. The van der Waals surface area contributed by atoms with Crippen LogP contribution < -0.4 is 5.32 Å². The van der Waals surface area contributed by atoms with Crippen molar-refractivity contribution in [2.24, 2.45) is 0 Å². The highest BCUT2D eigenvalue weighted by Crippen LogP contribution is 2.35. The van der Waals surface area contributed by atoms with E-state index in [1.807, 2.05) is 44.2 Å². The van der Waals surface area contributed by atoms with E-state index in [-0.39, 0.29) is 11.9 Å². The van der Waals surface area contributed by atoms with E-state index in [2.05, 4.69) is 21.2 Å². The highest BCUT2D eigenvalue weighted by molar-refractivity contribution is 9.10. The number of hydrogen-bond acceptors (Lipinski definition) is 2. The Balaban J connectivity index is 2.31. The Morgan fingerprint density at radius 3 is 2.55 bits per heavy atom. The summed E-state index contributed by atoms with van der Waals surface area (Å²) in [6, 6.07) is 13.3. The second-order valence-electron chi connectivity index (χ2n) is 4.49. The van der Waals surface area contributed by atoms with Crippen molar-refractivity contribution in [3.8, 4) is 0 Å². The molecule has 0 aliphatic carbocycles. The lowest BCUT2D eigenvalue weighted by atomic mass is 10.1. The maximum Gasteiger partial charge on any atom is 0.129 e. The van der Waals surface area contributed by atoms with Gasteiger partial charge < -0.3 is 5.32 Å². The molecule has 0 spiro atoms. The molecule has 1 nitrogen and oxygen atoms in total. The van der Waals surface area contributed by atoms with Crippen LogP contribution >= 0.6 is 27.7 Å². The molecule has 1 unspecified atom stereocenters. The summed E-state index contributed by atoms with van der Waals surface area (Å²) in [5.74, 6) is -0.152. The first-order valence-corrected chi connectivity index (χ1v) is 8.18. The van der Waals surface area contributed by atoms with Crippen LogP contribution in [0.15, 0.2) is 56.7 Å². The molecule has 1 atom stereocenters. The summed E-state index contributed by atoms with van der Waals surface area (Å²) in [5, 5.41) is 3.28. The van der Waals surface area contributed by atoms with E-state index < -0.39 is 0 Å². The molecule has 2 aromatic carbocycles. The summed E-state index contributed by atoms with van der Waals surface area (Å²) in [6.45, 7) is 4.84. The van der Waals surface area contributed by atoms with Gasteiger partial charge in [0.25, 0.3) is 0 Å². The number of halogens is 2. The molecule has 2 rings (SSSR count). The van der Waals surface area contributed by atoms with Gasteiger partial charge in [-0.25, -0.2) is 4.39 Å². The SMILES string of the molecule is CCNC(C)c1c(F)cccc1Sc1ccc(Br)cc1. The van der Waals surface area contributed by atoms with Crippen molar-refractivity contribution in [1.29, 1.82) is 0 Å². The van der Waals surface area contributed by atoms with Crippen molar-refractivity contribution in [2.45, 2.75) is 29.7 Å². The van der Waals surface area contributed by atoms with Gasteiger partial charge in [0.2, 0.25) is 0 Å². The fraction of sp³-hybridized carbons (Fsp3) is 0.250. The van der Waals surface area contributed by atoms with Crippen molar-refractivity contribution < 1.29 is 4.39 Å². The van der Waals surface area contributed by atoms with Gasteiger partial charge in [-0.3, -0.25) is 0 Å². The minimum Gasteiger partial charge on any atom is -0.310 e. The van der Waals surface area contributed by atoms with Crippen LogP contribution in [-0.2, 0) is 0 Å². The third kappa shape index (κ3) is 3.84. The Kier molecular flexibility index (Phi) is 5.64. The summed E-state index contributed by atoms with van der Waals surface area (Å²) >= 11 is 5.01. The Morgan fingerprint density at radius 1 is 1.20 bits per heavy atom. The molecule has 0 aliphatic rings. The fourth-order valence-corrected chi connectivity index (χ4v) is 3.39. The lowest BCUT2D eigenvalue weighted by molar-refractivity contribution is 0.531. The molecule has 0 radical (unpaired) electrons. The average Bonchev–Trinajstić information content (AvgIpc) is 2.42. The first kappa shape index (κ1) is 15.5. The normalized spacial score (nSPS) is 12.4. The van der Waals surface area contributed by atoms with E-state index in [0.29, 0.717) is 0 Å². The zero-order valence-electron chi connectivity index (χ0n) is 11.5. The summed E-state index contributed by atoms with van der Waals surface area (Å²) in [7, 11) is 0. The zero-order chi connectivity index (χ0) is 14.5. The Labute approximate surface area is 132 Å². The Hall–Kier alpha value is -0.840. The van der Waals surface area contributed by atoms with Crippen molar-refractivity contribution in [1.82, 2.24) is 5.32 Å². The molecule has 0 fully saturated rings. The van der Waals surface area contributed by atoms with Gasteiger partial charge in [-0.2, -0.15) is 0 Å². The van der Waals surface area contributed by atoms with Gasteiger partial charge in [-0.05, 0) is 49.9 Å². The molecule has 106 valence electrons. The molecule has 4 heteroatoms. The van der Waals surface area contributed by atoms with Gasteiger partial charge in [-0.15, -0.1) is 0 Å². The molecular formula is C16H17BrFNS. The van der Waals surface area contributed by atoms with Crippen LogP contribution in [0.3, 0.4) is 0 Å². The topological polar surface area (TPSA) is 12.0 Å². The number of rotatable bonds is 5. The van der Waals surface area contributed by atoms with E-state index in [4.69, 9.17) is 0 Å². The molecular weight excluding hydrogens is 337 g/mol. The minimum atomic E-state index is -0.152. The first-order chi connectivity index (χ1) is 9.61. The van der Waals surface area contributed by atoms with Crippen LogP contribution in [0.5, 0.6) is 0 Å². The van der Waals surface area contributed by atoms with Crippen molar-refractivity contribution in [3.05, 3.63) is 58.3 Å². The molecule has 0 bridgehead atoms.